The molecule has 11 nitrogen and oxygen atoms in total. The van der Waals surface area contributed by atoms with Gasteiger partial charge in [-0.2, -0.15) is 5.10 Å². The number of ether oxygens (including phenoxy) is 2. The molecule has 3 aromatic heterocycles. The number of hydrogen-bond acceptors (Lipinski definition) is 8. The Morgan fingerprint density at radius 3 is 2.42 bits per heavy atom. The van der Waals surface area contributed by atoms with Gasteiger partial charge in [0.1, 0.15) is 22.7 Å². The average molecular weight is 474 g/mol. The summed E-state index contributed by atoms with van der Waals surface area (Å²) in [6.45, 7) is 6.98. The number of carbonyl (C=O) groups is 2. The Labute approximate surface area is 195 Å². The maximum Gasteiger partial charge on any atom is 0.413 e. The third-order valence-electron chi connectivity index (χ3n) is 4.21. The van der Waals surface area contributed by atoms with E-state index in [4.69, 9.17) is 21.1 Å². The van der Waals surface area contributed by atoms with Gasteiger partial charge in [-0.15, -0.1) is 0 Å². The van der Waals surface area contributed by atoms with E-state index in [0.29, 0.717) is 22.6 Å². The van der Waals surface area contributed by atoms with Crippen molar-refractivity contribution in [2.45, 2.75) is 39.4 Å². The number of halogens is 1. The number of hydrogen-bond donors (Lipinski definition) is 2. The first-order valence-electron chi connectivity index (χ1n) is 9.96. The standard InChI is InChI=1S/C21H24ClN7O4/c1-12(14-7-6-8-23-16(14)22)32-19(30)28-18-15(11-26-29(18)5)17-24-9-13(10-25-17)27-20(31)33-21(2,3)4/h6-12H,1-5H3,(H,27,31)(H,28,30)/t12-/m1/s1. The molecule has 174 valence electrons. The van der Waals surface area contributed by atoms with Crippen LogP contribution < -0.4 is 10.6 Å². The molecule has 3 rings (SSSR count). The lowest BCUT2D eigenvalue weighted by atomic mass is 10.2. The minimum absolute atomic E-state index is 0.257. The van der Waals surface area contributed by atoms with E-state index in [0.717, 1.165) is 0 Å². The normalized spacial score (nSPS) is 12.1. The number of aryl methyl sites for hydroxylation is 1. The molecule has 2 amide bonds. The van der Waals surface area contributed by atoms with Gasteiger partial charge in [0, 0.05) is 18.8 Å². The molecule has 0 spiro atoms. The minimum Gasteiger partial charge on any atom is -0.444 e. The van der Waals surface area contributed by atoms with Crippen LogP contribution in [0.5, 0.6) is 0 Å². The van der Waals surface area contributed by atoms with Gasteiger partial charge in [0.25, 0.3) is 0 Å². The van der Waals surface area contributed by atoms with Crippen LogP contribution in [0.1, 0.15) is 39.4 Å². The van der Waals surface area contributed by atoms with Crippen LogP contribution in [0.4, 0.5) is 21.1 Å². The van der Waals surface area contributed by atoms with Gasteiger partial charge in [0.15, 0.2) is 5.82 Å². The van der Waals surface area contributed by atoms with Crippen LogP contribution >= 0.6 is 11.6 Å². The molecule has 0 aromatic carbocycles. The molecule has 0 aliphatic carbocycles. The van der Waals surface area contributed by atoms with Gasteiger partial charge in [-0.1, -0.05) is 17.7 Å². The van der Waals surface area contributed by atoms with E-state index in [2.05, 4.69) is 30.7 Å². The number of pyridine rings is 1. The highest BCUT2D eigenvalue weighted by Crippen LogP contribution is 2.27. The Hall–Kier alpha value is -3.73. The zero-order valence-electron chi connectivity index (χ0n) is 18.8. The molecule has 0 saturated heterocycles. The van der Waals surface area contributed by atoms with Crippen molar-refractivity contribution in [2.24, 2.45) is 7.05 Å². The number of carbonyl (C=O) groups excluding carboxylic acids is 2. The molecule has 33 heavy (non-hydrogen) atoms. The molecule has 3 aromatic rings. The first-order chi connectivity index (χ1) is 15.5. The fourth-order valence-electron chi connectivity index (χ4n) is 2.75. The maximum atomic E-state index is 12.5. The molecule has 12 heteroatoms. The monoisotopic (exact) mass is 473 g/mol. The van der Waals surface area contributed by atoms with Gasteiger partial charge in [0.05, 0.1) is 29.8 Å². The van der Waals surface area contributed by atoms with Gasteiger partial charge in [-0.25, -0.2) is 24.5 Å². The number of anilines is 2. The van der Waals surface area contributed by atoms with Crippen molar-refractivity contribution in [1.29, 1.82) is 0 Å². The molecule has 0 aliphatic heterocycles. The van der Waals surface area contributed by atoms with Crippen molar-refractivity contribution in [2.75, 3.05) is 10.6 Å². The molecule has 0 radical (unpaired) electrons. The number of nitrogens with one attached hydrogen (secondary N) is 2. The van der Waals surface area contributed by atoms with E-state index in [9.17, 15) is 9.59 Å². The summed E-state index contributed by atoms with van der Waals surface area (Å²) in [5, 5.41) is 9.63. The van der Waals surface area contributed by atoms with Gasteiger partial charge >= 0.3 is 12.2 Å². The highest BCUT2D eigenvalue weighted by Gasteiger charge is 2.20. The second kappa shape index (κ2) is 9.82. The molecular formula is C21H24ClN7O4. The summed E-state index contributed by atoms with van der Waals surface area (Å²) in [6, 6.07) is 3.43. The van der Waals surface area contributed by atoms with E-state index in [-0.39, 0.29) is 11.0 Å². The smallest absolute Gasteiger partial charge is 0.413 e. The first kappa shape index (κ1) is 23.9. The lowest BCUT2D eigenvalue weighted by Crippen LogP contribution is -2.27. The number of nitrogens with zero attached hydrogens (tertiary/aromatic N) is 5. The Morgan fingerprint density at radius 2 is 1.79 bits per heavy atom. The summed E-state index contributed by atoms with van der Waals surface area (Å²) >= 11 is 6.06. The van der Waals surface area contributed by atoms with E-state index < -0.39 is 23.9 Å². The van der Waals surface area contributed by atoms with Crippen LogP contribution in [0.25, 0.3) is 11.4 Å². The van der Waals surface area contributed by atoms with Crippen molar-refractivity contribution in [1.82, 2.24) is 24.7 Å². The second-order valence-electron chi connectivity index (χ2n) is 8.01. The van der Waals surface area contributed by atoms with E-state index >= 15 is 0 Å². The van der Waals surface area contributed by atoms with Crippen molar-refractivity contribution in [3.05, 3.63) is 47.6 Å². The summed E-state index contributed by atoms with van der Waals surface area (Å²) in [7, 11) is 1.65. The van der Waals surface area contributed by atoms with E-state index in [1.807, 2.05) is 0 Å². The summed E-state index contributed by atoms with van der Waals surface area (Å²) in [4.78, 5) is 36.9. The third kappa shape index (κ3) is 6.39. The van der Waals surface area contributed by atoms with Crippen LogP contribution in [0.2, 0.25) is 5.15 Å². The van der Waals surface area contributed by atoms with Gasteiger partial charge in [-0.05, 0) is 33.8 Å². The lowest BCUT2D eigenvalue weighted by Gasteiger charge is -2.19. The maximum absolute atomic E-state index is 12.5. The average Bonchev–Trinajstić information content (AvgIpc) is 3.07. The van der Waals surface area contributed by atoms with Gasteiger partial charge < -0.3 is 9.47 Å². The highest BCUT2D eigenvalue weighted by atomic mass is 35.5. The van der Waals surface area contributed by atoms with Crippen molar-refractivity contribution in [3.63, 3.8) is 0 Å². The van der Waals surface area contributed by atoms with Gasteiger partial charge in [-0.3, -0.25) is 15.3 Å². The van der Waals surface area contributed by atoms with Crippen molar-refractivity contribution in [3.8, 4) is 11.4 Å². The Bertz CT molecular complexity index is 1140. The predicted octanol–water partition coefficient (Wildman–Crippen LogP) is 4.58. The van der Waals surface area contributed by atoms with Crippen LogP contribution in [-0.4, -0.2) is 42.5 Å². The Balaban J connectivity index is 1.70. The van der Waals surface area contributed by atoms with Gasteiger partial charge in [0.2, 0.25) is 0 Å². The number of amides is 2. The minimum atomic E-state index is -0.713. The zero-order chi connectivity index (χ0) is 24.2. The molecule has 0 fully saturated rings. The molecule has 1 atom stereocenters. The summed E-state index contributed by atoms with van der Waals surface area (Å²) in [5.41, 5.74) is 0.768. The van der Waals surface area contributed by atoms with Crippen molar-refractivity contribution < 1.29 is 19.1 Å². The molecule has 3 heterocycles. The SMILES string of the molecule is C[C@@H](OC(=O)Nc1c(-c2ncc(NC(=O)OC(C)(C)C)cn2)cnn1C)c1cccnc1Cl. The van der Waals surface area contributed by atoms with Crippen LogP contribution in [0.3, 0.4) is 0 Å². The topological polar surface area (TPSA) is 133 Å². The summed E-state index contributed by atoms with van der Waals surface area (Å²) in [5.74, 6) is 0.619. The largest absolute Gasteiger partial charge is 0.444 e. The fourth-order valence-corrected chi connectivity index (χ4v) is 3.03. The summed E-state index contributed by atoms with van der Waals surface area (Å²) in [6.07, 6.45) is 3.95. The predicted molar refractivity (Wildman–Crippen MR) is 122 cm³/mol. The van der Waals surface area contributed by atoms with E-state index in [1.54, 1.807) is 53.1 Å². The molecule has 0 unspecified atom stereocenters. The number of aromatic nitrogens is 5. The molecule has 0 bridgehead atoms. The van der Waals surface area contributed by atoms with Crippen LogP contribution in [0.15, 0.2) is 36.9 Å². The Kier molecular flexibility index (Phi) is 7.12. The van der Waals surface area contributed by atoms with Crippen molar-refractivity contribution >= 4 is 35.3 Å². The fraction of sp³-hybridized carbons (Fsp3) is 0.333. The summed E-state index contributed by atoms with van der Waals surface area (Å²) < 4.78 is 12.1. The Morgan fingerprint density at radius 1 is 1.09 bits per heavy atom. The molecule has 0 aliphatic rings. The second-order valence-corrected chi connectivity index (χ2v) is 8.37. The first-order valence-corrected chi connectivity index (χ1v) is 10.3. The van der Waals surface area contributed by atoms with Crippen LogP contribution in [-0.2, 0) is 16.5 Å². The quantitative estimate of drug-likeness (QED) is 0.514. The zero-order valence-corrected chi connectivity index (χ0v) is 19.5. The van der Waals surface area contributed by atoms with E-state index in [1.165, 1.54) is 23.3 Å². The third-order valence-corrected chi connectivity index (χ3v) is 4.52. The molecule has 2 N–H and O–H groups in total. The highest BCUT2D eigenvalue weighted by molar-refractivity contribution is 6.30. The lowest BCUT2D eigenvalue weighted by molar-refractivity contribution is 0.0635. The number of rotatable bonds is 5. The molecular weight excluding hydrogens is 450 g/mol. The van der Waals surface area contributed by atoms with Crippen LogP contribution in [0, 0.1) is 0 Å². The molecule has 0 saturated carbocycles.